The predicted octanol–water partition coefficient (Wildman–Crippen LogP) is 0.893. The smallest absolute Gasteiger partial charge is 0.338 e. The molecule has 0 bridgehead atoms. The van der Waals surface area contributed by atoms with Crippen molar-refractivity contribution >= 4 is 16.0 Å². The van der Waals surface area contributed by atoms with E-state index in [9.17, 15) is 13.2 Å². The number of hydrogen-bond donors (Lipinski definition) is 1. The summed E-state index contributed by atoms with van der Waals surface area (Å²) in [5, 5.41) is 0. The molecule has 116 valence electrons. The molecule has 1 atom stereocenters. The highest BCUT2D eigenvalue weighted by Gasteiger charge is 2.29. The molecule has 0 saturated carbocycles. The van der Waals surface area contributed by atoms with Crippen LogP contribution in [0.1, 0.15) is 28.8 Å². The average molecular weight is 312 g/mol. The Bertz CT molecular complexity index is 642. The summed E-state index contributed by atoms with van der Waals surface area (Å²) < 4.78 is 31.3. The Morgan fingerprint density at radius 3 is 2.76 bits per heavy atom. The molecule has 0 aromatic heterocycles. The number of ether oxygens (including phenoxy) is 1. The van der Waals surface area contributed by atoms with Gasteiger partial charge >= 0.3 is 5.97 Å². The number of esters is 1. The summed E-state index contributed by atoms with van der Waals surface area (Å²) in [6.07, 6.45) is 1.57. The minimum Gasteiger partial charge on any atom is -0.465 e. The van der Waals surface area contributed by atoms with Gasteiger partial charge in [0.25, 0.3) is 0 Å². The highest BCUT2D eigenvalue weighted by Crippen LogP contribution is 2.23. The van der Waals surface area contributed by atoms with Gasteiger partial charge in [0, 0.05) is 19.1 Å². The second-order valence-corrected chi connectivity index (χ2v) is 7.17. The van der Waals surface area contributed by atoms with Crippen molar-refractivity contribution in [2.24, 2.45) is 5.73 Å². The van der Waals surface area contributed by atoms with Crippen LogP contribution in [0.4, 0.5) is 0 Å². The van der Waals surface area contributed by atoms with Gasteiger partial charge in [-0.1, -0.05) is 6.07 Å². The molecule has 21 heavy (non-hydrogen) atoms. The number of methoxy groups -OCH3 is 1. The average Bonchev–Trinajstić information content (AvgIpc) is 2.46. The van der Waals surface area contributed by atoms with Gasteiger partial charge in [-0.25, -0.2) is 13.2 Å². The third-order valence-corrected chi connectivity index (χ3v) is 5.53. The zero-order valence-corrected chi connectivity index (χ0v) is 13.0. The summed E-state index contributed by atoms with van der Waals surface area (Å²) in [6, 6.07) is 4.36. The van der Waals surface area contributed by atoms with Crippen LogP contribution in [-0.4, -0.2) is 44.9 Å². The molecule has 1 aromatic rings. The summed E-state index contributed by atoms with van der Waals surface area (Å²) in [4.78, 5) is 11.8. The number of piperidine rings is 1. The van der Waals surface area contributed by atoms with Gasteiger partial charge in [0.05, 0.1) is 17.6 Å². The van der Waals surface area contributed by atoms with E-state index in [1.165, 1.54) is 23.5 Å². The summed E-state index contributed by atoms with van der Waals surface area (Å²) in [5.74, 6) is -0.542. The third kappa shape index (κ3) is 3.25. The van der Waals surface area contributed by atoms with Crippen molar-refractivity contribution in [2.45, 2.75) is 30.7 Å². The fourth-order valence-electron chi connectivity index (χ4n) is 2.43. The number of rotatable bonds is 3. The first kappa shape index (κ1) is 15.9. The van der Waals surface area contributed by atoms with Gasteiger partial charge < -0.3 is 10.5 Å². The van der Waals surface area contributed by atoms with Crippen LogP contribution in [0.25, 0.3) is 0 Å². The van der Waals surface area contributed by atoms with Gasteiger partial charge in [0.1, 0.15) is 0 Å². The van der Waals surface area contributed by atoms with Crippen molar-refractivity contribution < 1.29 is 17.9 Å². The van der Waals surface area contributed by atoms with E-state index in [-0.39, 0.29) is 16.5 Å². The summed E-state index contributed by atoms with van der Waals surface area (Å²) in [7, 11) is -2.36. The Balaban J connectivity index is 2.38. The predicted molar refractivity (Wildman–Crippen MR) is 78.5 cm³/mol. The van der Waals surface area contributed by atoms with Gasteiger partial charge in [-0.15, -0.1) is 0 Å². The highest BCUT2D eigenvalue weighted by atomic mass is 32.2. The molecule has 1 heterocycles. The molecule has 0 aliphatic carbocycles. The van der Waals surface area contributed by atoms with Crippen molar-refractivity contribution in [1.29, 1.82) is 0 Å². The summed E-state index contributed by atoms with van der Waals surface area (Å²) in [6.45, 7) is 2.50. The number of carbonyl (C=O) groups excluding carboxylic acids is 1. The molecular weight excluding hydrogens is 292 g/mol. The first-order valence-corrected chi connectivity index (χ1v) is 8.25. The van der Waals surface area contributed by atoms with Crippen molar-refractivity contribution in [2.75, 3.05) is 20.2 Å². The lowest BCUT2D eigenvalue weighted by atomic mass is 10.1. The molecule has 1 aliphatic rings. The fourth-order valence-corrected chi connectivity index (χ4v) is 3.99. The van der Waals surface area contributed by atoms with Crippen LogP contribution in [0.3, 0.4) is 0 Å². The van der Waals surface area contributed by atoms with Crippen molar-refractivity contribution in [3.05, 3.63) is 29.3 Å². The number of nitrogens with zero attached hydrogens (tertiary/aromatic N) is 1. The Morgan fingerprint density at radius 2 is 2.14 bits per heavy atom. The molecule has 0 spiro atoms. The van der Waals surface area contributed by atoms with Crippen LogP contribution in [0.2, 0.25) is 0 Å². The topological polar surface area (TPSA) is 89.7 Å². The van der Waals surface area contributed by atoms with E-state index >= 15 is 0 Å². The summed E-state index contributed by atoms with van der Waals surface area (Å²) in [5.41, 5.74) is 6.78. The molecule has 1 fully saturated rings. The number of sulfonamides is 1. The standard InChI is InChI=1S/C14H20N2O4S/c1-10-5-6-12(8-13(10)14(17)20-2)21(18,19)16-7-3-4-11(15)9-16/h5-6,8,11H,3-4,7,9,15H2,1-2H3. The van der Waals surface area contributed by atoms with E-state index in [0.717, 1.165) is 12.8 Å². The monoisotopic (exact) mass is 312 g/mol. The molecule has 2 N–H and O–H groups in total. The third-order valence-electron chi connectivity index (χ3n) is 3.67. The van der Waals surface area contributed by atoms with Crippen LogP contribution in [-0.2, 0) is 14.8 Å². The van der Waals surface area contributed by atoms with Crippen LogP contribution in [0, 0.1) is 6.92 Å². The highest BCUT2D eigenvalue weighted by molar-refractivity contribution is 7.89. The molecule has 1 unspecified atom stereocenters. The zero-order valence-electron chi connectivity index (χ0n) is 12.2. The molecule has 2 rings (SSSR count). The molecular formula is C14H20N2O4S. The Hall–Kier alpha value is -1.44. The lowest BCUT2D eigenvalue weighted by Crippen LogP contribution is -2.45. The molecule has 0 radical (unpaired) electrons. The van der Waals surface area contributed by atoms with Gasteiger partial charge in [0.15, 0.2) is 0 Å². The lowest BCUT2D eigenvalue weighted by Gasteiger charge is -2.30. The van der Waals surface area contributed by atoms with Crippen molar-refractivity contribution in [3.63, 3.8) is 0 Å². The molecule has 0 amide bonds. The molecule has 6 nitrogen and oxygen atoms in total. The normalized spacial score (nSPS) is 20.2. The SMILES string of the molecule is COC(=O)c1cc(S(=O)(=O)N2CCCC(N)C2)ccc1C. The number of hydrogen-bond acceptors (Lipinski definition) is 5. The Kier molecular flexibility index (Phi) is 4.65. The van der Waals surface area contributed by atoms with E-state index in [2.05, 4.69) is 4.74 Å². The second kappa shape index (κ2) is 6.13. The van der Waals surface area contributed by atoms with Gasteiger partial charge in [-0.05, 0) is 37.5 Å². The first-order chi connectivity index (χ1) is 9.86. The zero-order chi connectivity index (χ0) is 15.6. The van der Waals surface area contributed by atoms with Gasteiger partial charge in [-0.2, -0.15) is 4.31 Å². The molecule has 1 saturated heterocycles. The minimum absolute atomic E-state index is 0.0996. The van der Waals surface area contributed by atoms with Crippen molar-refractivity contribution in [1.82, 2.24) is 4.31 Å². The lowest BCUT2D eigenvalue weighted by molar-refractivity contribution is 0.0599. The van der Waals surface area contributed by atoms with Gasteiger partial charge in [-0.3, -0.25) is 0 Å². The maximum Gasteiger partial charge on any atom is 0.338 e. The van der Waals surface area contributed by atoms with E-state index in [4.69, 9.17) is 5.73 Å². The second-order valence-electron chi connectivity index (χ2n) is 5.23. The van der Waals surface area contributed by atoms with Crippen LogP contribution in [0.5, 0.6) is 0 Å². The van der Waals surface area contributed by atoms with Gasteiger partial charge in [0.2, 0.25) is 10.0 Å². The minimum atomic E-state index is -3.63. The quantitative estimate of drug-likeness (QED) is 0.837. The fraction of sp³-hybridized carbons (Fsp3) is 0.500. The largest absolute Gasteiger partial charge is 0.465 e. The van der Waals surface area contributed by atoms with E-state index in [0.29, 0.717) is 18.7 Å². The van der Waals surface area contributed by atoms with E-state index in [1.54, 1.807) is 13.0 Å². The van der Waals surface area contributed by atoms with Crippen LogP contribution < -0.4 is 5.73 Å². The maximum absolute atomic E-state index is 12.6. The number of benzene rings is 1. The van der Waals surface area contributed by atoms with Crippen molar-refractivity contribution in [3.8, 4) is 0 Å². The van der Waals surface area contributed by atoms with Crippen LogP contribution in [0.15, 0.2) is 23.1 Å². The molecule has 7 heteroatoms. The maximum atomic E-state index is 12.6. The molecule has 1 aromatic carbocycles. The first-order valence-electron chi connectivity index (χ1n) is 6.81. The number of nitrogens with two attached hydrogens (primary N) is 1. The summed E-state index contributed by atoms with van der Waals surface area (Å²) >= 11 is 0. The Morgan fingerprint density at radius 1 is 1.43 bits per heavy atom. The van der Waals surface area contributed by atoms with E-state index in [1.807, 2.05) is 0 Å². The van der Waals surface area contributed by atoms with Crippen LogP contribution >= 0.6 is 0 Å². The number of aryl methyl sites for hydroxylation is 1. The molecule has 1 aliphatic heterocycles. The number of carbonyl (C=O) groups is 1. The Labute approximate surface area is 124 Å². The van der Waals surface area contributed by atoms with E-state index < -0.39 is 16.0 Å².